The summed E-state index contributed by atoms with van der Waals surface area (Å²) in [6.07, 6.45) is 3.63. The van der Waals surface area contributed by atoms with E-state index in [1.807, 2.05) is 12.1 Å². The van der Waals surface area contributed by atoms with Crippen LogP contribution in [0.3, 0.4) is 0 Å². The number of benzene rings is 1. The van der Waals surface area contributed by atoms with Crippen LogP contribution in [0.2, 0.25) is 0 Å². The lowest BCUT2D eigenvalue weighted by Crippen LogP contribution is -2.41. The lowest BCUT2D eigenvalue weighted by atomic mass is 10.1. The summed E-state index contributed by atoms with van der Waals surface area (Å²) in [6.45, 7) is 8.73. The molecule has 0 aromatic heterocycles. The number of aliphatic imine (C=N–C) groups is 1. The van der Waals surface area contributed by atoms with Gasteiger partial charge in [-0.05, 0) is 37.5 Å². The van der Waals surface area contributed by atoms with Crippen LogP contribution in [0.25, 0.3) is 0 Å². The number of nitrogens with zero attached hydrogens (tertiary/aromatic N) is 1. The zero-order chi connectivity index (χ0) is 17.2. The van der Waals surface area contributed by atoms with E-state index in [1.165, 1.54) is 0 Å². The Balaban J connectivity index is 0.00000529. The van der Waals surface area contributed by atoms with Crippen LogP contribution in [0.15, 0.2) is 29.8 Å². The number of nitrogens with one attached hydrogen (secondary N) is 2. The molecule has 1 unspecified atom stereocenters. The summed E-state index contributed by atoms with van der Waals surface area (Å²) < 4.78 is 10.9. The van der Waals surface area contributed by atoms with Crippen LogP contribution in [-0.2, 0) is 13.0 Å². The van der Waals surface area contributed by atoms with Crippen molar-refractivity contribution in [1.29, 1.82) is 0 Å². The van der Waals surface area contributed by atoms with Crippen molar-refractivity contribution in [3.8, 4) is 11.5 Å². The fourth-order valence-electron chi connectivity index (χ4n) is 2.23. The molecular formula is C18H30IN3O2. The number of methoxy groups -OCH3 is 2. The maximum Gasteiger partial charge on any atom is 0.191 e. The standard InChI is InChI=1S/C18H29N3O2.HI/c1-7-9-15-10-14(11-16(22-5)17(15)23-6)12-20-18(19-4)21-13(3)8-2;/h7,10-11,13H,1,8-9,12H2,2-6H3,(H2,19,20,21);1H. The van der Waals surface area contributed by atoms with E-state index in [0.29, 0.717) is 12.6 Å². The monoisotopic (exact) mass is 447 g/mol. The van der Waals surface area contributed by atoms with E-state index >= 15 is 0 Å². The predicted octanol–water partition coefficient (Wildman–Crippen LogP) is 3.51. The van der Waals surface area contributed by atoms with Gasteiger partial charge in [0.1, 0.15) is 0 Å². The van der Waals surface area contributed by atoms with Gasteiger partial charge in [-0.3, -0.25) is 4.99 Å². The van der Waals surface area contributed by atoms with Crippen molar-refractivity contribution in [3.63, 3.8) is 0 Å². The van der Waals surface area contributed by atoms with Gasteiger partial charge in [0.2, 0.25) is 0 Å². The molecule has 1 rings (SSSR count). The van der Waals surface area contributed by atoms with Gasteiger partial charge in [0.05, 0.1) is 14.2 Å². The summed E-state index contributed by atoms with van der Waals surface area (Å²) in [5, 5.41) is 6.67. The van der Waals surface area contributed by atoms with Crippen molar-refractivity contribution < 1.29 is 9.47 Å². The second-order valence-electron chi connectivity index (χ2n) is 5.36. The van der Waals surface area contributed by atoms with Crippen LogP contribution in [0.4, 0.5) is 0 Å². The molecule has 0 aliphatic carbocycles. The van der Waals surface area contributed by atoms with E-state index in [1.54, 1.807) is 21.3 Å². The van der Waals surface area contributed by atoms with E-state index in [2.05, 4.69) is 42.1 Å². The van der Waals surface area contributed by atoms with Gasteiger partial charge in [0, 0.05) is 25.2 Å². The largest absolute Gasteiger partial charge is 0.493 e. The number of halogens is 1. The smallest absolute Gasteiger partial charge is 0.191 e. The molecule has 1 atom stereocenters. The Hall–Kier alpha value is -1.44. The number of guanidine groups is 1. The highest BCUT2D eigenvalue weighted by Gasteiger charge is 2.12. The lowest BCUT2D eigenvalue weighted by molar-refractivity contribution is 0.352. The highest BCUT2D eigenvalue weighted by Crippen LogP contribution is 2.33. The maximum absolute atomic E-state index is 5.46. The average molecular weight is 447 g/mol. The van der Waals surface area contributed by atoms with Gasteiger partial charge in [-0.15, -0.1) is 30.6 Å². The van der Waals surface area contributed by atoms with Crippen molar-refractivity contribution in [2.24, 2.45) is 4.99 Å². The predicted molar refractivity (Wildman–Crippen MR) is 112 cm³/mol. The second-order valence-corrected chi connectivity index (χ2v) is 5.36. The normalized spacial score (nSPS) is 12.0. The molecule has 136 valence electrons. The topological polar surface area (TPSA) is 54.9 Å². The van der Waals surface area contributed by atoms with Gasteiger partial charge in [-0.25, -0.2) is 0 Å². The quantitative estimate of drug-likeness (QED) is 0.277. The van der Waals surface area contributed by atoms with Crippen molar-refractivity contribution in [2.45, 2.75) is 39.3 Å². The highest BCUT2D eigenvalue weighted by molar-refractivity contribution is 14.0. The van der Waals surface area contributed by atoms with Gasteiger partial charge < -0.3 is 20.1 Å². The maximum atomic E-state index is 5.46. The first-order valence-electron chi connectivity index (χ1n) is 7.91. The van der Waals surface area contributed by atoms with E-state index in [0.717, 1.165) is 41.4 Å². The first-order chi connectivity index (χ1) is 11.1. The summed E-state index contributed by atoms with van der Waals surface area (Å²) >= 11 is 0. The van der Waals surface area contributed by atoms with Crippen molar-refractivity contribution in [1.82, 2.24) is 10.6 Å². The van der Waals surface area contributed by atoms with E-state index in [9.17, 15) is 0 Å². The number of allylic oxidation sites excluding steroid dienone is 1. The first kappa shape index (κ1) is 22.6. The Morgan fingerprint density at radius 3 is 2.54 bits per heavy atom. The number of hydrogen-bond donors (Lipinski definition) is 2. The molecule has 24 heavy (non-hydrogen) atoms. The van der Waals surface area contributed by atoms with Crippen molar-refractivity contribution in [3.05, 3.63) is 35.9 Å². The van der Waals surface area contributed by atoms with E-state index in [4.69, 9.17) is 9.47 Å². The number of ether oxygens (including phenoxy) is 2. The molecule has 0 radical (unpaired) electrons. The first-order valence-corrected chi connectivity index (χ1v) is 7.91. The zero-order valence-corrected chi connectivity index (χ0v) is 17.6. The Morgan fingerprint density at radius 1 is 1.33 bits per heavy atom. The second kappa shape index (κ2) is 12.0. The van der Waals surface area contributed by atoms with Crippen molar-refractivity contribution in [2.75, 3.05) is 21.3 Å². The molecule has 0 aliphatic rings. The third-order valence-electron chi connectivity index (χ3n) is 3.66. The van der Waals surface area contributed by atoms with Gasteiger partial charge in [0.15, 0.2) is 17.5 Å². The lowest BCUT2D eigenvalue weighted by Gasteiger charge is -2.18. The van der Waals surface area contributed by atoms with E-state index in [-0.39, 0.29) is 24.0 Å². The number of hydrogen-bond acceptors (Lipinski definition) is 3. The van der Waals surface area contributed by atoms with E-state index < -0.39 is 0 Å². The van der Waals surface area contributed by atoms with Gasteiger partial charge >= 0.3 is 0 Å². The third kappa shape index (κ3) is 6.59. The minimum absolute atomic E-state index is 0. The Kier molecular flexibility index (Phi) is 11.3. The Morgan fingerprint density at radius 2 is 2.04 bits per heavy atom. The van der Waals surface area contributed by atoms with Crippen molar-refractivity contribution >= 4 is 29.9 Å². The van der Waals surface area contributed by atoms with Crippen LogP contribution in [0, 0.1) is 0 Å². The summed E-state index contributed by atoms with van der Waals surface area (Å²) in [5.74, 6) is 2.28. The van der Waals surface area contributed by atoms with Crippen LogP contribution >= 0.6 is 24.0 Å². The molecule has 1 aromatic carbocycles. The highest BCUT2D eigenvalue weighted by atomic mass is 127. The number of rotatable bonds is 8. The SMILES string of the molecule is C=CCc1cc(CNC(=NC)NC(C)CC)cc(OC)c1OC.I. The molecule has 0 amide bonds. The Labute approximate surface area is 162 Å². The molecule has 5 nitrogen and oxygen atoms in total. The fourth-order valence-corrected chi connectivity index (χ4v) is 2.23. The molecule has 2 N–H and O–H groups in total. The Bertz CT molecular complexity index is 547. The average Bonchev–Trinajstić information content (AvgIpc) is 2.57. The molecule has 0 spiro atoms. The molecule has 1 aromatic rings. The molecule has 0 heterocycles. The fraction of sp³-hybridized carbons (Fsp3) is 0.500. The van der Waals surface area contributed by atoms with Gasteiger partial charge in [-0.1, -0.05) is 13.0 Å². The van der Waals surface area contributed by atoms with Gasteiger partial charge in [-0.2, -0.15) is 0 Å². The zero-order valence-electron chi connectivity index (χ0n) is 15.3. The van der Waals surface area contributed by atoms with Crippen LogP contribution < -0.4 is 20.1 Å². The molecule has 0 saturated carbocycles. The van der Waals surface area contributed by atoms with Crippen LogP contribution in [-0.4, -0.2) is 33.3 Å². The molecule has 6 heteroatoms. The van der Waals surface area contributed by atoms with Crippen LogP contribution in [0.1, 0.15) is 31.4 Å². The summed E-state index contributed by atoms with van der Waals surface area (Å²) in [4.78, 5) is 4.25. The summed E-state index contributed by atoms with van der Waals surface area (Å²) in [6, 6.07) is 4.46. The van der Waals surface area contributed by atoms with Crippen LogP contribution in [0.5, 0.6) is 11.5 Å². The summed E-state index contributed by atoms with van der Waals surface area (Å²) in [7, 11) is 5.08. The molecular weight excluding hydrogens is 417 g/mol. The third-order valence-corrected chi connectivity index (χ3v) is 3.66. The molecule has 0 bridgehead atoms. The molecule has 0 aliphatic heterocycles. The minimum atomic E-state index is 0. The van der Waals surface area contributed by atoms with Gasteiger partial charge in [0.25, 0.3) is 0 Å². The molecule has 0 saturated heterocycles. The summed E-state index contributed by atoms with van der Waals surface area (Å²) in [5.41, 5.74) is 2.16. The minimum Gasteiger partial charge on any atom is -0.493 e. The molecule has 0 fully saturated rings.